The first-order valence-corrected chi connectivity index (χ1v) is 10.8. The molecule has 1 aromatic rings. The van der Waals surface area contributed by atoms with E-state index >= 15 is 0 Å². The predicted molar refractivity (Wildman–Crippen MR) is 107 cm³/mol. The highest BCUT2D eigenvalue weighted by Crippen LogP contribution is 2.41. The molecule has 0 amide bonds. The van der Waals surface area contributed by atoms with Gasteiger partial charge in [-0.25, -0.2) is 0 Å². The quantitative estimate of drug-likeness (QED) is 0.680. The van der Waals surface area contributed by atoms with Crippen molar-refractivity contribution >= 4 is 5.97 Å². The van der Waals surface area contributed by atoms with Gasteiger partial charge in [-0.1, -0.05) is 30.3 Å². The molecule has 166 valence electrons. The fourth-order valence-corrected chi connectivity index (χ4v) is 4.90. The molecule has 2 heterocycles. The number of nitrogens with zero attached hydrogens (tertiary/aromatic N) is 2. The monoisotopic (exact) mass is 425 g/mol. The van der Waals surface area contributed by atoms with Gasteiger partial charge >= 0.3 is 12.1 Å². The second-order valence-corrected chi connectivity index (χ2v) is 8.90. The summed E-state index contributed by atoms with van der Waals surface area (Å²) in [7, 11) is 0. The van der Waals surface area contributed by atoms with Crippen LogP contribution in [0.25, 0.3) is 0 Å². The molecule has 0 aromatic heterocycles. The molecule has 0 bridgehead atoms. The highest BCUT2D eigenvalue weighted by atomic mass is 19.4. The maximum atomic E-state index is 12.5. The van der Waals surface area contributed by atoms with Crippen LogP contribution in [0.2, 0.25) is 0 Å². The zero-order valence-electron chi connectivity index (χ0n) is 17.3. The molecule has 2 aliphatic heterocycles. The van der Waals surface area contributed by atoms with E-state index in [1.54, 1.807) is 4.90 Å². The van der Waals surface area contributed by atoms with Crippen molar-refractivity contribution in [1.29, 1.82) is 0 Å². The van der Waals surface area contributed by atoms with Gasteiger partial charge in [0, 0.05) is 44.6 Å². The molecular formula is C22H30F3N3O2. The van der Waals surface area contributed by atoms with E-state index in [4.69, 9.17) is 4.74 Å². The maximum absolute atomic E-state index is 12.5. The standard InChI is InChI=1S/C22H30F3N3O2/c1-16(29)30-21(14-27(15-21)12-9-22(23,24)25)28-10-7-18(8-11-28)26-20-13-19(20)17-5-3-2-4-6-17/h2-6,18-20,26H,7-15H2,1H3/t19-,20+/m0/s1. The first kappa shape index (κ1) is 21.6. The van der Waals surface area contributed by atoms with Crippen LogP contribution in [0.15, 0.2) is 30.3 Å². The molecule has 0 unspecified atom stereocenters. The van der Waals surface area contributed by atoms with Gasteiger partial charge in [-0.15, -0.1) is 0 Å². The van der Waals surface area contributed by atoms with Crippen LogP contribution >= 0.6 is 0 Å². The molecule has 5 nitrogen and oxygen atoms in total. The number of carbonyl (C=O) groups is 1. The molecule has 3 fully saturated rings. The average Bonchev–Trinajstić information content (AvgIpc) is 3.43. The summed E-state index contributed by atoms with van der Waals surface area (Å²) in [5.74, 6) is 0.208. The smallest absolute Gasteiger partial charge is 0.390 e. The van der Waals surface area contributed by atoms with Crippen LogP contribution < -0.4 is 5.32 Å². The highest BCUT2D eigenvalue weighted by molar-refractivity contribution is 5.66. The Bertz CT molecular complexity index is 729. The lowest BCUT2D eigenvalue weighted by Crippen LogP contribution is -2.73. The van der Waals surface area contributed by atoms with Crippen molar-refractivity contribution in [3.63, 3.8) is 0 Å². The van der Waals surface area contributed by atoms with Gasteiger partial charge in [0.25, 0.3) is 0 Å². The number of rotatable bonds is 7. The number of ether oxygens (including phenoxy) is 1. The van der Waals surface area contributed by atoms with Gasteiger partial charge in [0.05, 0.1) is 19.5 Å². The molecule has 2 saturated heterocycles. The largest absolute Gasteiger partial charge is 0.441 e. The lowest BCUT2D eigenvalue weighted by atomic mass is 9.95. The molecule has 1 saturated carbocycles. The van der Waals surface area contributed by atoms with E-state index < -0.39 is 18.3 Å². The molecule has 4 rings (SSSR count). The number of alkyl halides is 3. The Morgan fingerprint density at radius 1 is 1.20 bits per heavy atom. The number of piperidine rings is 1. The minimum Gasteiger partial charge on any atom is -0.441 e. The number of hydrogen-bond donors (Lipinski definition) is 1. The van der Waals surface area contributed by atoms with Crippen molar-refractivity contribution in [2.75, 3.05) is 32.7 Å². The van der Waals surface area contributed by atoms with Crippen LogP contribution in [0.1, 0.15) is 44.1 Å². The van der Waals surface area contributed by atoms with Crippen molar-refractivity contribution in [2.45, 2.75) is 62.5 Å². The Morgan fingerprint density at radius 3 is 2.47 bits per heavy atom. The van der Waals surface area contributed by atoms with Gasteiger partial charge in [0.2, 0.25) is 0 Å². The number of halogens is 3. The minimum atomic E-state index is -4.16. The molecule has 1 aromatic carbocycles. The minimum absolute atomic E-state index is 0.0485. The summed E-state index contributed by atoms with van der Waals surface area (Å²) in [6.45, 7) is 3.57. The average molecular weight is 425 g/mol. The molecule has 1 aliphatic carbocycles. The van der Waals surface area contributed by atoms with E-state index in [-0.39, 0.29) is 12.5 Å². The van der Waals surface area contributed by atoms with Crippen LogP contribution in [0.5, 0.6) is 0 Å². The van der Waals surface area contributed by atoms with Gasteiger partial charge in [-0.3, -0.25) is 14.6 Å². The van der Waals surface area contributed by atoms with Gasteiger partial charge < -0.3 is 10.1 Å². The Labute approximate surface area is 175 Å². The number of likely N-dealkylation sites (tertiary alicyclic amines) is 2. The third-order valence-corrected chi connectivity index (χ3v) is 6.53. The molecule has 8 heteroatoms. The second kappa shape index (κ2) is 8.48. The first-order valence-electron chi connectivity index (χ1n) is 10.8. The normalized spacial score (nSPS) is 27.5. The van der Waals surface area contributed by atoms with Crippen molar-refractivity contribution < 1.29 is 22.7 Å². The molecule has 0 radical (unpaired) electrons. The molecular weight excluding hydrogens is 395 g/mol. The van der Waals surface area contributed by atoms with Gasteiger partial charge in [0.1, 0.15) is 0 Å². The molecule has 2 atom stereocenters. The van der Waals surface area contributed by atoms with Crippen LogP contribution in [0, 0.1) is 0 Å². The highest BCUT2D eigenvalue weighted by Gasteiger charge is 2.52. The summed E-state index contributed by atoms with van der Waals surface area (Å²) >= 11 is 0. The van der Waals surface area contributed by atoms with Gasteiger partial charge in [-0.05, 0) is 24.8 Å². The summed E-state index contributed by atoms with van der Waals surface area (Å²) in [5, 5.41) is 3.77. The Hall–Kier alpha value is -1.64. The SMILES string of the molecule is CC(=O)OC1(N2CCC(N[C@@H]3C[C@H]3c3ccccc3)CC2)CN(CCC(F)(F)F)C1. The van der Waals surface area contributed by atoms with E-state index in [0.717, 1.165) is 32.4 Å². The van der Waals surface area contributed by atoms with Crippen molar-refractivity contribution in [2.24, 2.45) is 0 Å². The third-order valence-electron chi connectivity index (χ3n) is 6.53. The summed E-state index contributed by atoms with van der Waals surface area (Å²) in [4.78, 5) is 15.5. The second-order valence-electron chi connectivity index (χ2n) is 8.90. The van der Waals surface area contributed by atoms with E-state index in [0.29, 0.717) is 31.1 Å². The molecule has 0 spiro atoms. The maximum Gasteiger partial charge on any atom is 0.390 e. The van der Waals surface area contributed by atoms with E-state index in [9.17, 15) is 18.0 Å². The lowest BCUT2D eigenvalue weighted by molar-refractivity contribution is -0.235. The van der Waals surface area contributed by atoms with E-state index in [1.165, 1.54) is 12.5 Å². The molecule has 30 heavy (non-hydrogen) atoms. The van der Waals surface area contributed by atoms with Crippen LogP contribution in [0.4, 0.5) is 13.2 Å². The van der Waals surface area contributed by atoms with Crippen LogP contribution in [-0.2, 0) is 9.53 Å². The van der Waals surface area contributed by atoms with Crippen molar-refractivity contribution in [3.05, 3.63) is 35.9 Å². The van der Waals surface area contributed by atoms with Crippen LogP contribution in [0.3, 0.4) is 0 Å². The van der Waals surface area contributed by atoms with Crippen molar-refractivity contribution in [1.82, 2.24) is 15.1 Å². The summed E-state index contributed by atoms with van der Waals surface area (Å²) in [6.07, 6.45) is -1.94. The Morgan fingerprint density at radius 2 is 1.87 bits per heavy atom. The Balaban J connectivity index is 1.25. The van der Waals surface area contributed by atoms with Gasteiger partial charge in [-0.2, -0.15) is 13.2 Å². The van der Waals surface area contributed by atoms with Gasteiger partial charge in [0.15, 0.2) is 5.72 Å². The molecule has 3 aliphatic rings. The number of esters is 1. The predicted octanol–water partition coefficient (Wildman–Crippen LogP) is 3.12. The summed E-state index contributed by atoms with van der Waals surface area (Å²) < 4.78 is 43.1. The van der Waals surface area contributed by atoms with Crippen molar-refractivity contribution in [3.8, 4) is 0 Å². The fraction of sp³-hybridized carbons (Fsp3) is 0.682. The third kappa shape index (κ3) is 5.15. The zero-order chi connectivity index (χ0) is 21.4. The van der Waals surface area contributed by atoms with E-state index in [1.807, 2.05) is 6.07 Å². The topological polar surface area (TPSA) is 44.8 Å². The number of carbonyl (C=O) groups excluding carboxylic acids is 1. The number of benzene rings is 1. The fourth-order valence-electron chi connectivity index (χ4n) is 4.90. The number of nitrogens with one attached hydrogen (secondary N) is 1. The summed E-state index contributed by atoms with van der Waals surface area (Å²) in [5.41, 5.74) is 0.615. The van der Waals surface area contributed by atoms with Crippen LogP contribution in [-0.4, -0.2) is 72.5 Å². The molecule has 1 N–H and O–H groups in total. The lowest BCUT2D eigenvalue weighted by Gasteiger charge is -2.55. The summed E-state index contributed by atoms with van der Waals surface area (Å²) in [6, 6.07) is 11.5. The first-order chi connectivity index (χ1) is 14.2. The Kier molecular flexibility index (Phi) is 6.10. The van der Waals surface area contributed by atoms with E-state index in [2.05, 4.69) is 34.5 Å². The number of hydrogen-bond acceptors (Lipinski definition) is 5. The zero-order valence-corrected chi connectivity index (χ0v) is 17.3.